The van der Waals surface area contributed by atoms with E-state index in [1.165, 1.54) is 24.1 Å². The molecule has 1 atom stereocenters. The highest BCUT2D eigenvalue weighted by Gasteiger charge is 2.45. The lowest BCUT2D eigenvalue weighted by molar-refractivity contribution is -0.140. The first kappa shape index (κ1) is 19.4. The van der Waals surface area contributed by atoms with E-state index in [1.54, 1.807) is 18.2 Å². The summed E-state index contributed by atoms with van der Waals surface area (Å²) in [5.41, 5.74) is 1.05. The van der Waals surface area contributed by atoms with Crippen molar-refractivity contribution in [2.75, 3.05) is 20.3 Å². The van der Waals surface area contributed by atoms with Crippen molar-refractivity contribution in [3.8, 4) is 0 Å². The topological polar surface area (TPSA) is 66.8 Å². The molecule has 7 heteroatoms. The number of Topliss-reactive ketones (excluding diaryl/α,β-unsaturated/α-hetero) is 1. The lowest BCUT2D eigenvalue weighted by Crippen LogP contribution is -2.32. The first-order valence-electron chi connectivity index (χ1n) is 8.23. The van der Waals surface area contributed by atoms with Crippen molar-refractivity contribution < 1.29 is 19.4 Å². The summed E-state index contributed by atoms with van der Waals surface area (Å²) in [5.74, 6) is -1.72. The van der Waals surface area contributed by atoms with Crippen LogP contribution in [0.1, 0.15) is 17.2 Å². The molecule has 1 fully saturated rings. The summed E-state index contributed by atoms with van der Waals surface area (Å²) in [4.78, 5) is 26.7. The summed E-state index contributed by atoms with van der Waals surface area (Å²) in [5, 5.41) is 11.4. The molecule has 0 bridgehead atoms. The Bertz CT molecular complexity index is 911. The highest BCUT2D eigenvalue weighted by atomic mass is 35.5. The third-order valence-corrected chi connectivity index (χ3v) is 5.12. The van der Waals surface area contributed by atoms with Gasteiger partial charge >= 0.3 is 0 Å². The van der Waals surface area contributed by atoms with Gasteiger partial charge in [0.2, 0.25) is 0 Å². The molecule has 1 saturated heterocycles. The van der Waals surface area contributed by atoms with E-state index >= 15 is 0 Å². The zero-order valence-electron chi connectivity index (χ0n) is 14.5. The molecule has 1 heterocycles. The van der Waals surface area contributed by atoms with Crippen LogP contribution < -0.4 is 0 Å². The number of ether oxygens (including phenoxy) is 1. The number of nitrogens with zero attached hydrogens (tertiary/aromatic N) is 1. The van der Waals surface area contributed by atoms with Gasteiger partial charge in [-0.3, -0.25) is 9.59 Å². The van der Waals surface area contributed by atoms with Gasteiger partial charge in [0.15, 0.2) is 0 Å². The minimum Gasteiger partial charge on any atom is -0.507 e. The van der Waals surface area contributed by atoms with Gasteiger partial charge in [0.1, 0.15) is 5.76 Å². The second-order valence-electron chi connectivity index (χ2n) is 6.02. The lowest BCUT2D eigenvalue weighted by Gasteiger charge is -2.25. The molecule has 3 rings (SSSR count). The average Bonchev–Trinajstić information content (AvgIpc) is 2.93. The van der Waals surface area contributed by atoms with Gasteiger partial charge in [-0.25, -0.2) is 0 Å². The molecule has 2 aromatic carbocycles. The van der Waals surface area contributed by atoms with Gasteiger partial charge in [-0.15, -0.1) is 0 Å². The number of aliphatic hydroxyl groups is 1. The van der Waals surface area contributed by atoms with E-state index in [9.17, 15) is 14.7 Å². The van der Waals surface area contributed by atoms with Crippen LogP contribution in [0.3, 0.4) is 0 Å². The van der Waals surface area contributed by atoms with Crippen LogP contribution in [-0.2, 0) is 14.3 Å². The van der Waals surface area contributed by atoms with E-state index in [2.05, 4.69) is 0 Å². The van der Waals surface area contributed by atoms with Crippen LogP contribution in [0.5, 0.6) is 0 Å². The summed E-state index contributed by atoms with van der Waals surface area (Å²) in [6.07, 6.45) is 0. The molecule has 1 N–H and O–H groups in total. The number of carbonyl (C=O) groups excluding carboxylic acids is 2. The van der Waals surface area contributed by atoms with Gasteiger partial charge in [-0.1, -0.05) is 53.5 Å². The number of rotatable bonds is 5. The fourth-order valence-corrected chi connectivity index (χ4v) is 3.38. The van der Waals surface area contributed by atoms with E-state index in [0.717, 1.165) is 5.56 Å². The fourth-order valence-electron chi connectivity index (χ4n) is 3.08. The molecular formula is C20H17Cl2NO4. The molecule has 1 unspecified atom stereocenters. The Morgan fingerprint density at radius 3 is 2.44 bits per heavy atom. The smallest absolute Gasteiger partial charge is 0.295 e. The minimum atomic E-state index is -0.747. The average molecular weight is 406 g/mol. The first-order valence-corrected chi connectivity index (χ1v) is 8.99. The molecule has 1 aliphatic heterocycles. The maximum Gasteiger partial charge on any atom is 0.295 e. The van der Waals surface area contributed by atoms with Gasteiger partial charge in [0.25, 0.3) is 11.7 Å². The number of halogens is 2. The third kappa shape index (κ3) is 3.72. The van der Waals surface area contributed by atoms with E-state index in [1.807, 2.05) is 18.2 Å². The summed E-state index contributed by atoms with van der Waals surface area (Å²) in [7, 11) is 1.52. The van der Waals surface area contributed by atoms with Crippen molar-refractivity contribution in [1.82, 2.24) is 4.90 Å². The number of ketones is 1. The SMILES string of the molecule is COCCN1C(=O)C(=O)/C(=C(\O)c2ccc(Cl)c(Cl)c2)C1c1ccccc1. The number of aliphatic hydroxyl groups excluding tert-OH is 1. The van der Waals surface area contributed by atoms with Crippen molar-refractivity contribution in [1.29, 1.82) is 0 Å². The molecule has 1 amide bonds. The van der Waals surface area contributed by atoms with Crippen LogP contribution in [0.4, 0.5) is 0 Å². The predicted octanol–water partition coefficient (Wildman–Crippen LogP) is 4.06. The summed E-state index contributed by atoms with van der Waals surface area (Å²) >= 11 is 12.0. The highest BCUT2D eigenvalue weighted by molar-refractivity contribution is 6.46. The molecule has 0 saturated carbocycles. The van der Waals surface area contributed by atoms with E-state index < -0.39 is 17.7 Å². The van der Waals surface area contributed by atoms with Gasteiger partial charge in [0, 0.05) is 19.2 Å². The van der Waals surface area contributed by atoms with Gasteiger partial charge in [-0.05, 0) is 23.8 Å². The van der Waals surface area contributed by atoms with E-state index in [0.29, 0.717) is 10.6 Å². The predicted molar refractivity (Wildman–Crippen MR) is 104 cm³/mol. The van der Waals surface area contributed by atoms with Crippen LogP contribution in [0.2, 0.25) is 10.0 Å². The number of methoxy groups -OCH3 is 1. The molecule has 140 valence electrons. The summed E-state index contributed by atoms with van der Waals surface area (Å²) < 4.78 is 5.06. The monoisotopic (exact) mass is 405 g/mol. The number of amides is 1. The Balaban J connectivity index is 2.16. The number of carbonyl (C=O) groups is 2. The summed E-state index contributed by atoms with van der Waals surface area (Å²) in [6, 6.07) is 12.9. The Labute approximate surface area is 166 Å². The maximum atomic E-state index is 12.7. The van der Waals surface area contributed by atoms with Crippen LogP contribution in [0.25, 0.3) is 5.76 Å². The van der Waals surface area contributed by atoms with Crippen molar-refractivity contribution in [3.05, 3.63) is 75.3 Å². The van der Waals surface area contributed by atoms with Crippen molar-refractivity contribution in [2.24, 2.45) is 0 Å². The van der Waals surface area contributed by atoms with Crippen molar-refractivity contribution in [2.45, 2.75) is 6.04 Å². The van der Waals surface area contributed by atoms with Crippen LogP contribution in [0.15, 0.2) is 54.1 Å². The standard InChI is InChI=1S/C20H17Cl2NO4/c1-27-10-9-23-17(12-5-3-2-4-6-12)16(19(25)20(23)26)18(24)13-7-8-14(21)15(22)11-13/h2-8,11,17,24H,9-10H2,1H3/b18-16-. The Morgan fingerprint density at radius 2 is 1.81 bits per heavy atom. The Kier molecular flexibility index (Phi) is 5.85. The summed E-state index contributed by atoms with van der Waals surface area (Å²) in [6.45, 7) is 0.488. The second kappa shape index (κ2) is 8.13. The normalized spacial score (nSPS) is 18.9. The fraction of sp³-hybridized carbons (Fsp3) is 0.200. The molecule has 2 aromatic rings. The molecule has 1 aliphatic rings. The quantitative estimate of drug-likeness (QED) is 0.462. The van der Waals surface area contributed by atoms with Gasteiger partial charge < -0.3 is 14.7 Å². The molecule has 0 aromatic heterocycles. The molecule has 0 aliphatic carbocycles. The number of hydrogen-bond donors (Lipinski definition) is 1. The minimum absolute atomic E-state index is 0.0145. The highest BCUT2D eigenvalue weighted by Crippen LogP contribution is 2.39. The Hall–Kier alpha value is -2.34. The molecule has 27 heavy (non-hydrogen) atoms. The van der Waals surface area contributed by atoms with Crippen molar-refractivity contribution >= 4 is 40.7 Å². The lowest BCUT2D eigenvalue weighted by atomic mass is 9.95. The third-order valence-electron chi connectivity index (χ3n) is 4.38. The largest absolute Gasteiger partial charge is 0.507 e. The zero-order chi connectivity index (χ0) is 19.6. The van der Waals surface area contributed by atoms with E-state index in [4.69, 9.17) is 27.9 Å². The van der Waals surface area contributed by atoms with Gasteiger partial charge in [0.05, 0.1) is 28.3 Å². The molecule has 0 radical (unpaired) electrons. The van der Waals surface area contributed by atoms with Crippen LogP contribution in [0, 0.1) is 0 Å². The van der Waals surface area contributed by atoms with Crippen LogP contribution in [-0.4, -0.2) is 42.0 Å². The Morgan fingerprint density at radius 1 is 1.11 bits per heavy atom. The second-order valence-corrected chi connectivity index (χ2v) is 6.84. The van der Waals surface area contributed by atoms with Crippen LogP contribution >= 0.6 is 23.2 Å². The first-order chi connectivity index (χ1) is 13.0. The molecule has 5 nitrogen and oxygen atoms in total. The molecule has 0 spiro atoms. The van der Waals surface area contributed by atoms with Gasteiger partial charge in [-0.2, -0.15) is 0 Å². The van der Waals surface area contributed by atoms with E-state index in [-0.39, 0.29) is 29.5 Å². The molecular weight excluding hydrogens is 389 g/mol. The number of hydrogen-bond acceptors (Lipinski definition) is 4. The zero-order valence-corrected chi connectivity index (χ0v) is 16.0. The maximum absolute atomic E-state index is 12.7. The number of benzene rings is 2. The van der Waals surface area contributed by atoms with Crippen molar-refractivity contribution in [3.63, 3.8) is 0 Å². The number of likely N-dealkylation sites (tertiary alicyclic amines) is 1.